The minimum atomic E-state index is -1.24. The number of nitrogens with zero attached hydrogens (tertiary/aromatic N) is 2. The van der Waals surface area contributed by atoms with Gasteiger partial charge in [-0.05, 0) is 47.9 Å². The highest BCUT2D eigenvalue weighted by molar-refractivity contribution is 6.32. The van der Waals surface area contributed by atoms with Gasteiger partial charge in [0, 0.05) is 54.4 Å². The van der Waals surface area contributed by atoms with Gasteiger partial charge >= 0.3 is 0 Å². The Labute approximate surface area is 246 Å². The Hall–Kier alpha value is -5.10. The Morgan fingerprint density at radius 1 is 1.17 bits per heavy atom. The van der Waals surface area contributed by atoms with E-state index in [1.807, 2.05) is 24.4 Å². The molecule has 42 heavy (non-hydrogen) atoms. The van der Waals surface area contributed by atoms with Crippen LogP contribution >= 0.6 is 11.6 Å². The summed E-state index contributed by atoms with van der Waals surface area (Å²) in [5, 5.41) is 25.4. The molecule has 1 aromatic heterocycles. The molecule has 0 bridgehead atoms. The number of carbonyl (C=O) groups excluding carboxylic acids is 2. The molecule has 0 saturated heterocycles. The van der Waals surface area contributed by atoms with Gasteiger partial charge in [-0.1, -0.05) is 35.9 Å². The number of guanidine groups is 1. The summed E-state index contributed by atoms with van der Waals surface area (Å²) in [6, 6.07) is 17.1. The van der Waals surface area contributed by atoms with E-state index in [-0.39, 0.29) is 41.7 Å². The molecule has 0 aliphatic carbocycles. The Morgan fingerprint density at radius 2 is 1.93 bits per heavy atom. The number of aromatic nitrogens is 1. The lowest BCUT2D eigenvalue weighted by atomic mass is 10.0. The molecule has 0 aliphatic heterocycles. The first-order chi connectivity index (χ1) is 20.2. The molecule has 0 spiro atoms. The molecule has 1 heterocycles. The molecule has 1 atom stereocenters. The molecule has 0 saturated carbocycles. The van der Waals surface area contributed by atoms with Crippen LogP contribution in [0, 0.1) is 15.5 Å². The molecule has 12 nitrogen and oxygen atoms in total. The first-order valence-electron chi connectivity index (χ1n) is 13.0. The molecule has 2 amide bonds. The SMILES string of the molecule is COc1ccc2c(CCN(C(=O)CCNC(=N)N)C(C(=O)Nc3ccccc3)c3ccc(Cl)c([N+](=O)[O-])c3)c[nH]c2c1. The van der Waals surface area contributed by atoms with Gasteiger partial charge in [0.15, 0.2) is 5.96 Å². The smallest absolute Gasteiger partial charge is 0.288 e. The number of para-hydroxylation sites is 1. The van der Waals surface area contributed by atoms with Crippen molar-refractivity contribution in [3.8, 4) is 5.75 Å². The summed E-state index contributed by atoms with van der Waals surface area (Å²) in [4.78, 5) is 43.2. The van der Waals surface area contributed by atoms with Crippen molar-refractivity contribution in [1.82, 2.24) is 15.2 Å². The topological polar surface area (TPSA) is 179 Å². The van der Waals surface area contributed by atoms with E-state index in [1.54, 1.807) is 37.4 Å². The van der Waals surface area contributed by atoms with Crippen LogP contribution in [0.2, 0.25) is 5.02 Å². The third-order valence-electron chi connectivity index (χ3n) is 6.66. The Kier molecular flexibility index (Phi) is 9.61. The number of nitrogens with two attached hydrogens (primary N) is 1. The van der Waals surface area contributed by atoms with E-state index < -0.39 is 22.8 Å². The zero-order valence-corrected chi connectivity index (χ0v) is 23.5. The average Bonchev–Trinajstić information content (AvgIpc) is 3.37. The normalized spacial score (nSPS) is 11.5. The summed E-state index contributed by atoms with van der Waals surface area (Å²) in [7, 11) is 1.58. The highest BCUT2D eigenvalue weighted by atomic mass is 35.5. The molecule has 4 aromatic rings. The number of H-pyrrole nitrogens is 1. The highest BCUT2D eigenvalue weighted by Crippen LogP contribution is 2.32. The number of anilines is 1. The van der Waals surface area contributed by atoms with Crippen LogP contribution in [0.5, 0.6) is 5.75 Å². The molecular weight excluding hydrogens is 562 g/mol. The number of ether oxygens (including phenoxy) is 1. The maximum Gasteiger partial charge on any atom is 0.288 e. The summed E-state index contributed by atoms with van der Waals surface area (Å²) < 4.78 is 5.30. The van der Waals surface area contributed by atoms with Crippen LogP contribution in [0.4, 0.5) is 11.4 Å². The van der Waals surface area contributed by atoms with E-state index >= 15 is 0 Å². The molecule has 1 unspecified atom stereocenters. The lowest BCUT2D eigenvalue weighted by Crippen LogP contribution is -2.44. The van der Waals surface area contributed by atoms with Crippen molar-refractivity contribution < 1.29 is 19.2 Å². The third kappa shape index (κ3) is 7.15. The molecule has 3 aromatic carbocycles. The van der Waals surface area contributed by atoms with Crippen LogP contribution < -0.4 is 21.1 Å². The van der Waals surface area contributed by atoms with Gasteiger partial charge in [0.25, 0.3) is 11.6 Å². The number of nitro groups is 1. The van der Waals surface area contributed by atoms with Crippen LogP contribution in [0.25, 0.3) is 10.9 Å². The van der Waals surface area contributed by atoms with Gasteiger partial charge in [-0.3, -0.25) is 25.1 Å². The molecule has 218 valence electrons. The van der Waals surface area contributed by atoms with Gasteiger partial charge in [0.1, 0.15) is 16.8 Å². The van der Waals surface area contributed by atoms with Crippen molar-refractivity contribution in [2.45, 2.75) is 18.9 Å². The van der Waals surface area contributed by atoms with Gasteiger partial charge in [-0.2, -0.15) is 0 Å². The van der Waals surface area contributed by atoms with E-state index in [0.717, 1.165) is 16.5 Å². The number of benzene rings is 3. The number of aromatic amines is 1. The third-order valence-corrected chi connectivity index (χ3v) is 6.97. The fourth-order valence-corrected chi connectivity index (χ4v) is 4.82. The van der Waals surface area contributed by atoms with Gasteiger partial charge in [0.2, 0.25) is 5.91 Å². The first kappa shape index (κ1) is 29.9. The fraction of sp³-hybridized carbons (Fsp3) is 0.207. The Bertz CT molecular complexity index is 1610. The van der Waals surface area contributed by atoms with Gasteiger partial charge in [-0.15, -0.1) is 0 Å². The number of fused-ring (bicyclic) bond motifs is 1. The van der Waals surface area contributed by atoms with Gasteiger partial charge in [-0.25, -0.2) is 0 Å². The monoisotopic (exact) mass is 591 g/mol. The van der Waals surface area contributed by atoms with E-state index in [4.69, 9.17) is 27.5 Å². The summed E-state index contributed by atoms with van der Waals surface area (Å²) in [5.41, 5.74) is 7.46. The zero-order valence-electron chi connectivity index (χ0n) is 22.7. The van der Waals surface area contributed by atoms with Crippen LogP contribution in [-0.2, 0) is 16.0 Å². The largest absolute Gasteiger partial charge is 0.497 e. The summed E-state index contributed by atoms with van der Waals surface area (Å²) in [6.07, 6.45) is 2.11. The average molecular weight is 592 g/mol. The van der Waals surface area contributed by atoms with Crippen LogP contribution in [-0.4, -0.2) is 52.8 Å². The minimum absolute atomic E-state index is 0.0608. The number of carbonyl (C=O) groups is 2. The van der Waals surface area contributed by atoms with Gasteiger partial charge < -0.3 is 31.0 Å². The van der Waals surface area contributed by atoms with Crippen molar-refractivity contribution >= 4 is 51.7 Å². The maximum absolute atomic E-state index is 13.9. The second-order valence-electron chi connectivity index (χ2n) is 9.38. The molecule has 4 rings (SSSR count). The number of amides is 2. The predicted octanol–water partition coefficient (Wildman–Crippen LogP) is 4.36. The number of hydrogen-bond donors (Lipinski definition) is 5. The van der Waals surface area contributed by atoms with Crippen molar-refractivity contribution in [2.24, 2.45) is 5.73 Å². The lowest BCUT2D eigenvalue weighted by molar-refractivity contribution is -0.384. The van der Waals surface area contributed by atoms with Crippen LogP contribution in [0.3, 0.4) is 0 Å². The van der Waals surface area contributed by atoms with E-state index in [1.165, 1.54) is 23.1 Å². The van der Waals surface area contributed by atoms with Crippen molar-refractivity contribution in [3.63, 3.8) is 0 Å². The van der Waals surface area contributed by atoms with E-state index in [9.17, 15) is 19.7 Å². The standard InChI is InChI=1S/C29H30ClN7O5/c1-42-21-8-9-22-19(17-34-24(22)16-21)12-14-36(26(38)11-13-33-29(31)32)27(28(39)35-20-5-3-2-4-6-20)18-7-10-23(30)25(15-18)37(40)41/h2-10,15-17,27,34H,11-14H2,1H3,(H,35,39)(H4,31,32,33). The lowest BCUT2D eigenvalue weighted by Gasteiger charge is -2.31. The van der Waals surface area contributed by atoms with E-state index in [0.29, 0.717) is 17.9 Å². The zero-order chi connectivity index (χ0) is 30.2. The van der Waals surface area contributed by atoms with Crippen LogP contribution in [0.1, 0.15) is 23.6 Å². The molecule has 0 aliphatic rings. The van der Waals surface area contributed by atoms with Crippen LogP contribution in [0.15, 0.2) is 72.9 Å². The molecule has 0 radical (unpaired) electrons. The van der Waals surface area contributed by atoms with Gasteiger partial charge in [0.05, 0.1) is 12.0 Å². The second-order valence-corrected chi connectivity index (χ2v) is 9.79. The van der Waals surface area contributed by atoms with Crippen molar-refractivity contribution in [3.05, 3.63) is 99.2 Å². The molecule has 13 heteroatoms. The number of rotatable bonds is 12. The predicted molar refractivity (Wildman–Crippen MR) is 161 cm³/mol. The molecule has 0 fully saturated rings. The summed E-state index contributed by atoms with van der Waals surface area (Å²) in [5.74, 6) is -0.589. The maximum atomic E-state index is 13.9. The number of hydrogen-bond acceptors (Lipinski definition) is 6. The van der Waals surface area contributed by atoms with E-state index in [2.05, 4.69) is 15.6 Å². The Balaban J connectivity index is 1.74. The second kappa shape index (κ2) is 13.5. The molecule has 6 N–H and O–H groups in total. The fourth-order valence-electron chi connectivity index (χ4n) is 4.63. The molecular formula is C29H30ClN7O5. The van der Waals surface area contributed by atoms with Crippen molar-refractivity contribution in [1.29, 1.82) is 5.41 Å². The summed E-state index contributed by atoms with van der Waals surface area (Å²) in [6.45, 7) is 0.159. The Morgan fingerprint density at radius 3 is 2.62 bits per heavy atom. The quantitative estimate of drug-likeness (QED) is 0.0702. The summed E-state index contributed by atoms with van der Waals surface area (Å²) >= 11 is 6.08. The van der Waals surface area contributed by atoms with Crippen molar-refractivity contribution in [2.75, 3.05) is 25.5 Å². The number of nitro benzene ring substituents is 1. The number of nitrogens with one attached hydrogen (secondary N) is 4. The number of halogens is 1. The number of methoxy groups -OCH3 is 1. The highest BCUT2D eigenvalue weighted by Gasteiger charge is 2.33. The minimum Gasteiger partial charge on any atom is -0.497 e. The first-order valence-corrected chi connectivity index (χ1v) is 13.4.